The molecule has 1 aromatic heterocycles. The van der Waals surface area contributed by atoms with Crippen LogP contribution in [0.1, 0.15) is 29.1 Å². The average Bonchev–Trinajstić information content (AvgIpc) is 3.31. The molecular weight excluding hydrogens is 474 g/mol. The highest BCUT2D eigenvalue weighted by Gasteiger charge is 2.22. The minimum absolute atomic E-state index is 0.296. The van der Waals surface area contributed by atoms with E-state index in [9.17, 15) is 4.79 Å². The van der Waals surface area contributed by atoms with Crippen molar-refractivity contribution in [2.45, 2.75) is 19.5 Å². The van der Waals surface area contributed by atoms with Gasteiger partial charge in [-0.05, 0) is 43.3 Å². The number of fused-ring (bicyclic) bond motifs is 1. The number of benzene rings is 3. The lowest BCUT2D eigenvalue weighted by Gasteiger charge is -2.18. The zero-order chi connectivity index (χ0) is 26.4. The Kier molecular flexibility index (Phi) is 8.02. The van der Waals surface area contributed by atoms with Crippen LogP contribution in [0.5, 0.6) is 28.7 Å². The average molecular weight is 506 g/mol. The van der Waals surface area contributed by atoms with Gasteiger partial charge in [-0.3, -0.25) is 4.79 Å². The molecule has 37 heavy (non-hydrogen) atoms. The molecule has 0 spiro atoms. The first-order valence-electron chi connectivity index (χ1n) is 11.8. The number of ether oxygens (including phenoxy) is 5. The Labute approximate surface area is 215 Å². The number of nitrogens with zero attached hydrogens (tertiary/aromatic N) is 2. The highest BCUT2D eigenvalue weighted by molar-refractivity contribution is 5.96. The number of amides is 1. The number of hydrogen-bond donors (Lipinski definition) is 1. The summed E-state index contributed by atoms with van der Waals surface area (Å²) in [6.45, 7) is 2.81. The van der Waals surface area contributed by atoms with Gasteiger partial charge in [0.05, 0.1) is 52.1 Å². The van der Waals surface area contributed by atoms with Crippen molar-refractivity contribution >= 4 is 16.9 Å². The van der Waals surface area contributed by atoms with Gasteiger partial charge in [0.1, 0.15) is 12.4 Å². The normalized spacial score (nSPS) is 11.6. The third-order valence-corrected chi connectivity index (χ3v) is 5.99. The first-order chi connectivity index (χ1) is 18.0. The van der Waals surface area contributed by atoms with Gasteiger partial charge in [-0.1, -0.05) is 24.3 Å². The van der Waals surface area contributed by atoms with Crippen molar-refractivity contribution in [2.24, 2.45) is 0 Å². The highest BCUT2D eigenvalue weighted by atomic mass is 16.5. The summed E-state index contributed by atoms with van der Waals surface area (Å²) >= 11 is 0. The van der Waals surface area contributed by atoms with E-state index in [4.69, 9.17) is 28.7 Å². The molecule has 0 saturated carbocycles. The zero-order valence-electron chi connectivity index (χ0n) is 21.6. The van der Waals surface area contributed by atoms with E-state index in [1.165, 1.54) is 21.3 Å². The van der Waals surface area contributed by atoms with Crippen LogP contribution >= 0.6 is 0 Å². The van der Waals surface area contributed by atoms with Crippen LogP contribution < -0.4 is 29.0 Å². The van der Waals surface area contributed by atoms with Crippen molar-refractivity contribution in [1.82, 2.24) is 14.9 Å². The fraction of sp³-hybridized carbons (Fsp3) is 0.286. The fourth-order valence-corrected chi connectivity index (χ4v) is 4.20. The molecule has 0 saturated heterocycles. The molecule has 0 aliphatic carbocycles. The Morgan fingerprint density at radius 1 is 0.865 bits per heavy atom. The monoisotopic (exact) mass is 505 g/mol. The molecular formula is C28H31N3O6. The van der Waals surface area contributed by atoms with E-state index in [1.807, 2.05) is 55.5 Å². The number of rotatable bonds is 11. The van der Waals surface area contributed by atoms with E-state index in [1.54, 1.807) is 19.2 Å². The molecule has 4 aromatic rings. The second-order valence-electron chi connectivity index (χ2n) is 8.22. The van der Waals surface area contributed by atoms with Crippen LogP contribution in [-0.2, 0) is 6.54 Å². The second-order valence-corrected chi connectivity index (χ2v) is 8.22. The van der Waals surface area contributed by atoms with Crippen molar-refractivity contribution in [2.75, 3.05) is 35.0 Å². The van der Waals surface area contributed by atoms with Crippen LogP contribution in [-0.4, -0.2) is 50.5 Å². The van der Waals surface area contributed by atoms with Crippen molar-refractivity contribution in [1.29, 1.82) is 0 Å². The van der Waals surface area contributed by atoms with Crippen LogP contribution in [0.4, 0.5) is 0 Å². The number of nitrogens with one attached hydrogen (secondary N) is 1. The van der Waals surface area contributed by atoms with Gasteiger partial charge < -0.3 is 33.6 Å². The Morgan fingerprint density at radius 2 is 1.49 bits per heavy atom. The van der Waals surface area contributed by atoms with Gasteiger partial charge in [0.25, 0.3) is 5.91 Å². The van der Waals surface area contributed by atoms with Crippen molar-refractivity contribution in [3.8, 4) is 28.7 Å². The lowest BCUT2D eigenvalue weighted by atomic mass is 10.1. The fourth-order valence-electron chi connectivity index (χ4n) is 4.20. The summed E-state index contributed by atoms with van der Waals surface area (Å²) < 4.78 is 29.6. The smallest absolute Gasteiger partial charge is 0.252 e. The molecule has 0 radical (unpaired) electrons. The van der Waals surface area contributed by atoms with Gasteiger partial charge in [0.15, 0.2) is 23.0 Å². The van der Waals surface area contributed by atoms with Crippen molar-refractivity contribution in [3.63, 3.8) is 0 Å². The zero-order valence-corrected chi connectivity index (χ0v) is 21.6. The number of methoxy groups -OCH3 is 4. The topological polar surface area (TPSA) is 93.1 Å². The summed E-state index contributed by atoms with van der Waals surface area (Å²) in [5.74, 6) is 2.98. The SMILES string of the molecule is COc1ccccc1OCCn1c(C(C)NC(=O)c2cc(OC)c(OC)c(OC)c2)nc2ccccc21. The minimum atomic E-state index is -0.398. The summed E-state index contributed by atoms with van der Waals surface area (Å²) in [4.78, 5) is 18.0. The van der Waals surface area contributed by atoms with E-state index in [0.717, 1.165) is 11.0 Å². The Balaban J connectivity index is 1.57. The van der Waals surface area contributed by atoms with Gasteiger partial charge in [-0.15, -0.1) is 0 Å². The molecule has 1 heterocycles. The number of para-hydroxylation sites is 4. The van der Waals surface area contributed by atoms with Crippen LogP contribution in [0.15, 0.2) is 60.7 Å². The van der Waals surface area contributed by atoms with Crippen LogP contribution in [0.3, 0.4) is 0 Å². The molecule has 0 fully saturated rings. The van der Waals surface area contributed by atoms with Crippen molar-refractivity contribution < 1.29 is 28.5 Å². The molecule has 9 nitrogen and oxygen atoms in total. The Morgan fingerprint density at radius 3 is 2.14 bits per heavy atom. The van der Waals surface area contributed by atoms with Gasteiger partial charge in [0.2, 0.25) is 5.75 Å². The van der Waals surface area contributed by atoms with Gasteiger partial charge >= 0.3 is 0 Å². The van der Waals surface area contributed by atoms with Crippen LogP contribution in [0.2, 0.25) is 0 Å². The summed E-state index contributed by atoms with van der Waals surface area (Å²) in [6, 6.07) is 18.2. The maximum Gasteiger partial charge on any atom is 0.252 e. The number of carbonyl (C=O) groups is 1. The van der Waals surface area contributed by atoms with Crippen LogP contribution in [0.25, 0.3) is 11.0 Å². The standard InChI is InChI=1S/C28H31N3O6/c1-18(29-28(32)19-16-24(34-3)26(36-5)25(17-19)35-4)27-30-20-10-6-7-11-21(20)31(27)14-15-37-23-13-9-8-12-22(23)33-2/h6-13,16-18H,14-15H2,1-5H3,(H,29,32). The van der Waals surface area contributed by atoms with Crippen LogP contribution in [0, 0.1) is 0 Å². The Bertz CT molecular complexity index is 1360. The summed E-state index contributed by atoms with van der Waals surface area (Å²) in [7, 11) is 6.15. The van der Waals surface area contributed by atoms with E-state index in [-0.39, 0.29) is 5.91 Å². The molecule has 0 aliphatic rings. The van der Waals surface area contributed by atoms with Gasteiger partial charge in [-0.2, -0.15) is 0 Å². The first kappa shape index (κ1) is 25.7. The van der Waals surface area contributed by atoms with Crippen molar-refractivity contribution in [3.05, 3.63) is 72.1 Å². The maximum absolute atomic E-state index is 13.2. The molecule has 0 aliphatic heterocycles. The molecule has 3 aromatic carbocycles. The minimum Gasteiger partial charge on any atom is -0.493 e. The molecule has 194 valence electrons. The van der Waals surface area contributed by atoms with E-state index in [0.29, 0.717) is 53.3 Å². The van der Waals surface area contributed by atoms with Gasteiger partial charge in [-0.25, -0.2) is 4.98 Å². The lowest BCUT2D eigenvalue weighted by molar-refractivity contribution is 0.0936. The molecule has 0 bridgehead atoms. The van der Waals surface area contributed by atoms with E-state index in [2.05, 4.69) is 9.88 Å². The van der Waals surface area contributed by atoms with Gasteiger partial charge in [0, 0.05) is 5.56 Å². The predicted octanol–water partition coefficient (Wildman–Crippen LogP) is 4.64. The number of carbonyl (C=O) groups excluding carboxylic acids is 1. The third kappa shape index (κ3) is 5.40. The third-order valence-electron chi connectivity index (χ3n) is 5.99. The molecule has 9 heteroatoms. The molecule has 1 amide bonds. The summed E-state index contributed by atoms with van der Waals surface area (Å²) in [5, 5.41) is 3.05. The molecule has 1 N–H and O–H groups in total. The largest absolute Gasteiger partial charge is 0.493 e. The maximum atomic E-state index is 13.2. The number of aromatic nitrogens is 2. The van der Waals surface area contributed by atoms with E-state index < -0.39 is 6.04 Å². The predicted molar refractivity (Wildman–Crippen MR) is 140 cm³/mol. The Hall–Kier alpha value is -4.40. The quantitative estimate of drug-likeness (QED) is 0.317. The summed E-state index contributed by atoms with van der Waals surface area (Å²) in [6.07, 6.45) is 0. The lowest BCUT2D eigenvalue weighted by Crippen LogP contribution is -2.29. The van der Waals surface area contributed by atoms with E-state index >= 15 is 0 Å². The first-order valence-corrected chi connectivity index (χ1v) is 11.8. The second kappa shape index (κ2) is 11.6. The number of hydrogen-bond acceptors (Lipinski definition) is 7. The highest BCUT2D eigenvalue weighted by Crippen LogP contribution is 2.38. The molecule has 1 unspecified atom stereocenters. The summed E-state index contributed by atoms with van der Waals surface area (Å²) in [5.41, 5.74) is 2.17. The molecule has 4 rings (SSSR count). The molecule has 1 atom stereocenters. The number of imidazole rings is 1.